The summed E-state index contributed by atoms with van der Waals surface area (Å²) in [6.45, 7) is -0.854. The number of aliphatic hydroxyl groups excluding tert-OH is 1. The molecule has 94 valence electrons. The Kier molecular flexibility index (Phi) is 3.89. The van der Waals surface area contributed by atoms with Crippen molar-refractivity contribution in [1.29, 1.82) is 0 Å². The van der Waals surface area contributed by atoms with Crippen LogP contribution in [0.15, 0.2) is 12.1 Å². The second-order valence-electron chi connectivity index (χ2n) is 3.11. The standard InChI is InChI=1S/C8H6ClF3N2O3/c9-7-4(5(15)3-14(16)17)1-2-6(13-7)8(10,11)12/h1-2,5,15H,3H2/t5-/m0/s1. The summed E-state index contributed by atoms with van der Waals surface area (Å²) in [5.74, 6) is 0. The maximum atomic E-state index is 12.2. The van der Waals surface area contributed by atoms with E-state index in [0.717, 1.165) is 6.07 Å². The number of hydrogen-bond acceptors (Lipinski definition) is 4. The molecule has 0 spiro atoms. The summed E-state index contributed by atoms with van der Waals surface area (Å²) in [5, 5.41) is 18.8. The first-order chi connectivity index (χ1) is 7.71. The first-order valence-corrected chi connectivity index (χ1v) is 4.63. The molecule has 1 atom stereocenters. The summed E-state index contributed by atoms with van der Waals surface area (Å²) in [5.41, 5.74) is -1.43. The van der Waals surface area contributed by atoms with E-state index in [9.17, 15) is 28.4 Å². The highest BCUT2D eigenvalue weighted by atomic mass is 35.5. The van der Waals surface area contributed by atoms with E-state index < -0.39 is 34.6 Å². The average molecular weight is 271 g/mol. The lowest BCUT2D eigenvalue weighted by Gasteiger charge is -2.10. The van der Waals surface area contributed by atoms with Crippen LogP contribution in [0.3, 0.4) is 0 Å². The Hall–Kier alpha value is -1.41. The van der Waals surface area contributed by atoms with Gasteiger partial charge in [0.1, 0.15) is 17.0 Å². The van der Waals surface area contributed by atoms with Crippen LogP contribution in [0.2, 0.25) is 5.15 Å². The molecular weight excluding hydrogens is 265 g/mol. The van der Waals surface area contributed by atoms with Gasteiger partial charge >= 0.3 is 6.18 Å². The lowest BCUT2D eigenvalue weighted by Crippen LogP contribution is -2.14. The molecule has 0 unspecified atom stereocenters. The van der Waals surface area contributed by atoms with Crippen molar-refractivity contribution in [2.45, 2.75) is 12.3 Å². The Bertz CT molecular complexity index is 439. The van der Waals surface area contributed by atoms with Crippen molar-refractivity contribution < 1.29 is 23.2 Å². The topological polar surface area (TPSA) is 76.3 Å². The minimum Gasteiger partial charge on any atom is -0.381 e. The molecule has 1 aromatic heterocycles. The van der Waals surface area contributed by atoms with Crippen molar-refractivity contribution in [3.8, 4) is 0 Å². The van der Waals surface area contributed by atoms with Gasteiger partial charge in [0.15, 0.2) is 0 Å². The predicted molar refractivity (Wildman–Crippen MR) is 51.1 cm³/mol. The zero-order valence-electron chi connectivity index (χ0n) is 8.11. The highest BCUT2D eigenvalue weighted by Crippen LogP contribution is 2.30. The largest absolute Gasteiger partial charge is 0.433 e. The Labute approximate surface area is 98.0 Å². The lowest BCUT2D eigenvalue weighted by atomic mass is 10.1. The SMILES string of the molecule is O=[N+]([O-])C[C@H](O)c1ccc(C(F)(F)F)nc1Cl. The van der Waals surface area contributed by atoms with E-state index in [1.807, 2.05) is 0 Å². The Morgan fingerprint density at radius 1 is 1.53 bits per heavy atom. The van der Waals surface area contributed by atoms with E-state index in [1.54, 1.807) is 0 Å². The Morgan fingerprint density at radius 2 is 2.12 bits per heavy atom. The highest BCUT2D eigenvalue weighted by Gasteiger charge is 2.33. The number of nitrogens with zero attached hydrogens (tertiary/aromatic N) is 2. The molecule has 0 aliphatic heterocycles. The van der Waals surface area contributed by atoms with E-state index in [1.165, 1.54) is 0 Å². The fourth-order valence-corrected chi connectivity index (χ4v) is 1.37. The van der Waals surface area contributed by atoms with Gasteiger partial charge in [0.05, 0.1) is 0 Å². The van der Waals surface area contributed by atoms with E-state index in [-0.39, 0.29) is 5.56 Å². The van der Waals surface area contributed by atoms with Gasteiger partial charge in [0.2, 0.25) is 6.54 Å². The third kappa shape index (κ3) is 3.53. The zero-order chi connectivity index (χ0) is 13.2. The molecule has 0 saturated carbocycles. The Morgan fingerprint density at radius 3 is 2.53 bits per heavy atom. The Balaban J connectivity index is 3.02. The van der Waals surface area contributed by atoms with Crippen LogP contribution in [0.1, 0.15) is 17.4 Å². The quantitative estimate of drug-likeness (QED) is 0.518. The van der Waals surface area contributed by atoms with Gasteiger partial charge in [-0.25, -0.2) is 4.98 Å². The number of alkyl halides is 3. The number of rotatable bonds is 3. The fourth-order valence-electron chi connectivity index (χ4n) is 1.09. The molecule has 0 aromatic carbocycles. The number of aromatic nitrogens is 1. The monoisotopic (exact) mass is 270 g/mol. The van der Waals surface area contributed by atoms with Crippen molar-refractivity contribution in [2.75, 3.05) is 6.54 Å². The van der Waals surface area contributed by atoms with Gasteiger partial charge < -0.3 is 5.11 Å². The molecule has 9 heteroatoms. The lowest BCUT2D eigenvalue weighted by molar-refractivity contribution is -0.491. The molecule has 0 radical (unpaired) electrons. The fraction of sp³-hybridized carbons (Fsp3) is 0.375. The van der Waals surface area contributed by atoms with Crippen molar-refractivity contribution in [3.05, 3.63) is 38.7 Å². The molecule has 1 heterocycles. The van der Waals surface area contributed by atoms with Crippen LogP contribution in [0, 0.1) is 10.1 Å². The van der Waals surface area contributed by atoms with Gasteiger partial charge in [-0.15, -0.1) is 0 Å². The summed E-state index contributed by atoms with van der Waals surface area (Å²) in [4.78, 5) is 12.3. The third-order valence-corrected chi connectivity index (χ3v) is 2.15. The second kappa shape index (κ2) is 4.84. The zero-order valence-corrected chi connectivity index (χ0v) is 8.87. The number of aliphatic hydroxyl groups is 1. The van der Waals surface area contributed by atoms with Gasteiger partial charge in [-0.05, 0) is 6.07 Å². The molecule has 0 bridgehead atoms. The van der Waals surface area contributed by atoms with Crippen LogP contribution in [-0.4, -0.2) is 21.6 Å². The van der Waals surface area contributed by atoms with E-state index in [4.69, 9.17) is 11.6 Å². The normalized spacial score (nSPS) is 13.5. The predicted octanol–water partition coefficient (Wildman–Crippen LogP) is 2.06. The summed E-state index contributed by atoms with van der Waals surface area (Å²) in [7, 11) is 0. The molecule has 0 aliphatic carbocycles. The van der Waals surface area contributed by atoms with Gasteiger partial charge in [-0.2, -0.15) is 13.2 Å². The molecule has 17 heavy (non-hydrogen) atoms. The van der Waals surface area contributed by atoms with Crippen molar-refractivity contribution in [3.63, 3.8) is 0 Å². The highest BCUT2D eigenvalue weighted by molar-refractivity contribution is 6.30. The summed E-state index contributed by atoms with van der Waals surface area (Å²) in [6, 6.07) is 1.47. The molecule has 5 nitrogen and oxygen atoms in total. The van der Waals surface area contributed by atoms with Crippen LogP contribution < -0.4 is 0 Å². The third-order valence-electron chi connectivity index (χ3n) is 1.85. The molecule has 1 N–H and O–H groups in total. The first-order valence-electron chi connectivity index (χ1n) is 4.25. The van der Waals surface area contributed by atoms with Gasteiger partial charge in [-0.3, -0.25) is 10.1 Å². The minimum atomic E-state index is -4.66. The van der Waals surface area contributed by atoms with Crippen LogP contribution in [0.25, 0.3) is 0 Å². The molecule has 0 amide bonds. The molecule has 1 rings (SSSR count). The maximum absolute atomic E-state index is 12.2. The number of nitro groups is 1. The number of halogens is 4. The van der Waals surface area contributed by atoms with Crippen LogP contribution in [0.5, 0.6) is 0 Å². The van der Waals surface area contributed by atoms with Gasteiger partial charge in [-0.1, -0.05) is 17.7 Å². The first kappa shape index (κ1) is 13.7. The molecular formula is C8H6ClF3N2O3. The van der Waals surface area contributed by atoms with Crippen molar-refractivity contribution in [2.24, 2.45) is 0 Å². The summed E-state index contributed by atoms with van der Waals surface area (Å²) in [6.07, 6.45) is -6.25. The number of pyridine rings is 1. The van der Waals surface area contributed by atoms with Crippen LogP contribution in [0.4, 0.5) is 13.2 Å². The van der Waals surface area contributed by atoms with Crippen LogP contribution in [-0.2, 0) is 6.18 Å². The molecule has 1 aromatic rings. The number of hydrogen-bond donors (Lipinski definition) is 1. The van der Waals surface area contributed by atoms with Crippen molar-refractivity contribution >= 4 is 11.6 Å². The maximum Gasteiger partial charge on any atom is 0.433 e. The second-order valence-corrected chi connectivity index (χ2v) is 3.46. The summed E-state index contributed by atoms with van der Waals surface area (Å²) >= 11 is 5.42. The van der Waals surface area contributed by atoms with Crippen molar-refractivity contribution in [1.82, 2.24) is 4.98 Å². The van der Waals surface area contributed by atoms with Gasteiger partial charge in [0.25, 0.3) is 0 Å². The summed E-state index contributed by atoms with van der Waals surface area (Å²) < 4.78 is 36.7. The van der Waals surface area contributed by atoms with E-state index >= 15 is 0 Å². The smallest absolute Gasteiger partial charge is 0.381 e. The molecule has 0 fully saturated rings. The van der Waals surface area contributed by atoms with E-state index in [0.29, 0.717) is 6.07 Å². The minimum absolute atomic E-state index is 0.212. The average Bonchev–Trinajstić information content (AvgIpc) is 2.14. The van der Waals surface area contributed by atoms with E-state index in [2.05, 4.69) is 4.98 Å². The van der Waals surface area contributed by atoms with Gasteiger partial charge in [0, 0.05) is 10.5 Å². The van der Waals surface area contributed by atoms with Crippen LogP contribution >= 0.6 is 11.6 Å². The molecule has 0 saturated heterocycles. The molecule has 0 aliphatic rings.